The van der Waals surface area contributed by atoms with Gasteiger partial charge >= 0.3 is 6.03 Å². The lowest BCUT2D eigenvalue weighted by molar-refractivity contribution is -0.135. The maximum absolute atomic E-state index is 13.3. The summed E-state index contributed by atoms with van der Waals surface area (Å²) in [6.07, 6.45) is 3.37. The van der Waals surface area contributed by atoms with Crippen molar-refractivity contribution in [1.29, 1.82) is 0 Å². The van der Waals surface area contributed by atoms with Gasteiger partial charge in [0.05, 0.1) is 12.5 Å². The number of benzene rings is 2. The van der Waals surface area contributed by atoms with E-state index in [4.69, 9.17) is 23.2 Å². The molecular formula is C23H24Cl2N4O3. The molecule has 1 saturated carbocycles. The Balaban J connectivity index is 1.54. The second-order valence-electron chi connectivity index (χ2n) is 8.10. The number of amides is 4. The number of nitrogens with zero attached hydrogens (tertiary/aromatic N) is 1. The van der Waals surface area contributed by atoms with Gasteiger partial charge in [-0.1, -0.05) is 54.2 Å². The third kappa shape index (κ3) is 5.16. The number of nitrogens with one attached hydrogen (secondary N) is 3. The van der Waals surface area contributed by atoms with Crippen LogP contribution in [0.1, 0.15) is 32.1 Å². The number of anilines is 2. The molecule has 0 bridgehead atoms. The van der Waals surface area contributed by atoms with Gasteiger partial charge in [0.1, 0.15) is 6.04 Å². The molecule has 0 aromatic heterocycles. The highest BCUT2D eigenvalue weighted by Crippen LogP contribution is 2.30. The van der Waals surface area contributed by atoms with Gasteiger partial charge in [0.15, 0.2) is 0 Å². The Labute approximate surface area is 196 Å². The predicted molar refractivity (Wildman–Crippen MR) is 125 cm³/mol. The van der Waals surface area contributed by atoms with Gasteiger partial charge in [0, 0.05) is 27.5 Å². The minimum atomic E-state index is -0.923. The Hall–Kier alpha value is -2.77. The highest BCUT2D eigenvalue weighted by molar-refractivity contribution is 6.35. The van der Waals surface area contributed by atoms with E-state index >= 15 is 0 Å². The van der Waals surface area contributed by atoms with Crippen molar-refractivity contribution in [1.82, 2.24) is 10.2 Å². The monoisotopic (exact) mass is 474 g/mol. The molecule has 1 aliphatic carbocycles. The number of piperazine rings is 1. The van der Waals surface area contributed by atoms with E-state index in [0.29, 0.717) is 21.4 Å². The number of hydrogen-bond acceptors (Lipinski definition) is 3. The van der Waals surface area contributed by atoms with Crippen molar-refractivity contribution in [2.75, 3.05) is 10.6 Å². The molecule has 4 rings (SSSR count). The fourth-order valence-corrected chi connectivity index (χ4v) is 4.98. The molecular weight excluding hydrogens is 451 g/mol. The van der Waals surface area contributed by atoms with Gasteiger partial charge in [-0.25, -0.2) is 4.79 Å². The molecule has 3 atom stereocenters. The van der Waals surface area contributed by atoms with E-state index < -0.39 is 11.9 Å². The van der Waals surface area contributed by atoms with E-state index in [-0.39, 0.29) is 30.4 Å². The zero-order valence-corrected chi connectivity index (χ0v) is 18.8. The van der Waals surface area contributed by atoms with Gasteiger partial charge in [-0.15, -0.1) is 0 Å². The summed E-state index contributed by atoms with van der Waals surface area (Å²) in [5.74, 6) is -0.731. The predicted octanol–water partition coefficient (Wildman–Crippen LogP) is 4.67. The zero-order valence-electron chi connectivity index (χ0n) is 17.3. The SMILES string of the molecule is O=C(C[C@H]1C(=O)N[C@@H]2CCCC[C@@H]2N1C(=O)Nc1ccccc1)Nc1cc(Cl)cc(Cl)c1. The van der Waals surface area contributed by atoms with E-state index in [0.717, 1.165) is 25.7 Å². The molecule has 2 aliphatic rings. The normalized spacial score (nSPS) is 22.5. The second-order valence-corrected chi connectivity index (χ2v) is 8.97. The molecule has 168 valence electrons. The molecule has 0 unspecified atom stereocenters. The summed E-state index contributed by atoms with van der Waals surface area (Å²) in [7, 11) is 0. The molecule has 3 N–H and O–H groups in total. The smallest absolute Gasteiger partial charge is 0.322 e. The van der Waals surface area contributed by atoms with E-state index in [1.807, 2.05) is 18.2 Å². The number of hydrogen-bond donors (Lipinski definition) is 3. The Morgan fingerprint density at radius 3 is 2.38 bits per heavy atom. The van der Waals surface area contributed by atoms with Gasteiger partial charge in [-0.3, -0.25) is 9.59 Å². The zero-order chi connectivity index (χ0) is 22.7. The molecule has 1 heterocycles. The standard InChI is InChI=1S/C23H24Cl2N4O3/c24-14-10-15(25)12-17(11-14)26-21(30)13-20-22(31)28-18-8-4-5-9-19(18)29(20)23(32)27-16-6-2-1-3-7-16/h1-3,6-7,10-12,18-20H,4-5,8-9,13H2,(H,26,30)(H,27,32)(H,28,31)/t18-,19+,20+/m1/s1. The molecule has 1 aliphatic heterocycles. The number of halogens is 2. The molecule has 1 saturated heterocycles. The van der Waals surface area contributed by atoms with Gasteiger partial charge in [-0.05, 0) is 43.2 Å². The molecule has 2 fully saturated rings. The molecule has 0 spiro atoms. The van der Waals surface area contributed by atoms with Crippen LogP contribution in [0.25, 0.3) is 0 Å². The molecule has 2 aromatic rings. The summed E-state index contributed by atoms with van der Waals surface area (Å²) in [5.41, 5.74) is 1.06. The van der Waals surface area contributed by atoms with Crippen LogP contribution in [-0.4, -0.2) is 40.9 Å². The van der Waals surface area contributed by atoms with Crippen LogP contribution in [0, 0.1) is 0 Å². The molecule has 9 heteroatoms. The topological polar surface area (TPSA) is 90.5 Å². The van der Waals surface area contributed by atoms with E-state index in [1.165, 1.54) is 0 Å². The third-order valence-electron chi connectivity index (χ3n) is 5.84. The van der Waals surface area contributed by atoms with Crippen molar-refractivity contribution >= 4 is 52.4 Å². The highest BCUT2D eigenvalue weighted by atomic mass is 35.5. The van der Waals surface area contributed by atoms with Crippen molar-refractivity contribution in [3.05, 3.63) is 58.6 Å². The van der Waals surface area contributed by atoms with Crippen LogP contribution in [0.4, 0.5) is 16.2 Å². The third-order valence-corrected chi connectivity index (χ3v) is 6.27. The van der Waals surface area contributed by atoms with Crippen molar-refractivity contribution in [3.63, 3.8) is 0 Å². The molecule has 32 heavy (non-hydrogen) atoms. The summed E-state index contributed by atoms with van der Waals surface area (Å²) in [5, 5.41) is 9.39. The molecule has 4 amide bonds. The van der Waals surface area contributed by atoms with Crippen LogP contribution in [0.15, 0.2) is 48.5 Å². The van der Waals surface area contributed by atoms with Crippen molar-refractivity contribution in [2.45, 2.75) is 50.2 Å². The minimum Gasteiger partial charge on any atom is -0.349 e. The van der Waals surface area contributed by atoms with Crippen LogP contribution in [-0.2, 0) is 9.59 Å². The van der Waals surface area contributed by atoms with E-state index in [1.54, 1.807) is 35.2 Å². The number of para-hydroxylation sites is 1. The van der Waals surface area contributed by atoms with Gasteiger partial charge < -0.3 is 20.9 Å². The van der Waals surface area contributed by atoms with Crippen LogP contribution < -0.4 is 16.0 Å². The van der Waals surface area contributed by atoms with Crippen LogP contribution >= 0.6 is 23.2 Å². The van der Waals surface area contributed by atoms with Crippen molar-refractivity contribution < 1.29 is 14.4 Å². The minimum absolute atomic E-state index is 0.108. The molecule has 2 aromatic carbocycles. The first-order valence-corrected chi connectivity index (χ1v) is 11.4. The average molecular weight is 475 g/mol. The number of carbonyl (C=O) groups excluding carboxylic acids is 3. The quantitative estimate of drug-likeness (QED) is 0.601. The lowest BCUT2D eigenvalue weighted by Crippen LogP contribution is -2.68. The summed E-state index contributed by atoms with van der Waals surface area (Å²) < 4.78 is 0. The highest BCUT2D eigenvalue weighted by Gasteiger charge is 2.46. The van der Waals surface area contributed by atoms with Crippen LogP contribution in [0.5, 0.6) is 0 Å². The summed E-state index contributed by atoms with van der Waals surface area (Å²) in [4.78, 5) is 40.6. The lowest BCUT2D eigenvalue weighted by Gasteiger charge is -2.47. The lowest BCUT2D eigenvalue weighted by atomic mass is 9.85. The Morgan fingerprint density at radius 2 is 1.66 bits per heavy atom. The summed E-state index contributed by atoms with van der Waals surface area (Å²) >= 11 is 12.0. The molecule has 7 nitrogen and oxygen atoms in total. The Morgan fingerprint density at radius 1 is 0.969 bits per heavy atom. The van der Waals surface area contributed by atoms with Gasteiger partial charge in [-0.2, -0.15) is 0 Å². The average Bonchev–Trinajstić information content (AvgIpc) is 2.74. The Bertz CT molecular complexity index is 997. The van der Waals surface area contributed by atoms with Gasteiger partial charge in [0.2, 0.25) is 11.8 Å². The number of rotatable bonds is 4. The summed E-state index contributed by atoms with van der Waals surface area (Å²) in [6, 6.07) is 12.2. The first-order valence-electron chi connectivity index (χ1n) is 10.6. The number of urea groups is 1. The first kappa shape index (κ1) is 22.4. The fourth-order valence-electron chi connectivity index (χ4n) is 4.46. The Kier molecular flexibility index (Phi) is 6.86. The number of fused-ring (bicyclic) bond motifs is 1. The maximum Gasteiger partial charge on any atom is 0.322 e. The van der Waals surface area contributed by atoms with E-state index in [2.05, 4.69) is 16.0 Å². The fraction of sp³-hybridized carbons (Fsp3) is 0.348. The van der Waals surface area contributed by atoms with Crippen molar-refractivity contribution in [3.8, 4) is 0 Å². The van der Waals surface area contributed by atoms with Gasteiger partial charge in [0.25, 0.3) is 0 Å². The van der Waals surface area contributed by atoms with Crippen LogP contribution in [0.3, 0.4) is 0 Å². The summed E-state index contributed by atoms with van der Waals surface area (Å²) in [6.45, 7) is 0. The largest absolute Gasteiger partial charge is 0.349 e. The maximum atomic E-state index is 13.3. The van der Waals surface area contributed by atoms with Crippen molar-refractivity contribution in [2.24, 2.45) is 0 Å². The first-order chi connectivity index (χ1) is 15.4. The number of carbonyl (C=O) groups is 3. The second kappa shape index (κ2) is 9.79. The molecule has 0 radical (unpaired) electrons. The van der Waals surface area contributed by atoms with E-state index in [9.17, 15) is 14.4 Å². The van der Waals surface area contributed by atoms with Crippen LogP contribution in [0.2, 0.25) is 10.0 Å².